The Kier molecular flexibility index (Phi) is 5.49. The summed E-state index contributed by atoms with van der Waals surface area (Å²) in [4.78, 5) is 5.39. The topological polar surface area (TPSA) is 8.17 Å². The smallest absolute Gasteiger partial charge is 0.333 e. The average Bonchev–Trinajstić information content (AvgIpc) is 3.50. The fourth-order valence-electron chi connectivity index (χ4n) is 16.4. The van der Waals surface area contributed by atoms with Crippen LogP contribution >= 0.6 is 11.8 Å². The van der Waals surface area contributed by atoms with Gasteiger partial charge in [0.1, 0.15) is 0 Å². The van der Waals surface area contributed by atoms with Crippen LogP contribution in [0.2, 0.25) is 0 Å². The van der Waals surface area contributed by atoms with Crippen LogP contribution in [-0.4, -0.2) is 11.3 Å². The first-order valence-electron chi connectivity index (χ1n) is 22.0. The van der Waals surface area contributed by atoms with Crippen molar-refractivity contribution in [1.82, 2.24) is 4.48 Å². The van der Waals surface area contributed by atoms with E-state index < -0.39 is 0 Å². The highest BCUT2D eigenvalue weighted by Gasteiger charge is 2.54. The number of anilines is 3. The molecule has 4 heterocycles. The lowest BCUT2D eigenvalue weighted by atomic mass is 9.44. The summed E-state index contributed by atoms with van der Waals surface area (Å²) in [6.45, 7) is 2.49. The van der Waals surface area contributed by atoms with E-state index in [1.165, 1.54) is 148 Å². The molecule has 1 aromatic heterocycles. The molecule has 0 amide bonds. The van der Waals surface area contributed by atoms with Crippen molar-refractivity contribution < 1.29 is 0 Å². The summed E-state index contributed by atoms with van der Waals surface area (Å²) >= 11 is 1.95. The molecule has 6 aromatic rings. The van der Waals surface area contributed by atoms with E-state index in [1.807, 2.05) is 11.8 Å². The summed E-state index contributed by atoms with van der Waals surface area (Å²) < 4.78 is 2.85. The van der Waals surface area contributed by atoms with Crippen LogP contribution in [0.3, 0.4) is 0 Å². The molecule has 8 aliphatic carbocycles. The number of hydrogen-bond donors (Lipinski definition) is 0. The number of para-hydroxylation sites is 2. The third-order valence-corrected chi connectivity index (χ3v) is 18.6. The molecule has 17 rings (SSSR count). The highest BCUT2D eigenvalue weighted by atomic mass is 32.2. The lowest BCUT2D eigenvalue weighted by molar-refractivity contribution is -0.00527. The fraction of sp³-hybridized carbons (Fsp3) is 0.412. The highest BCUT2D eigenvalue weighted by Crippen LogP contribution is 2.63. The third kappa shape index (κ3) is 3.74. The van der Waals surface area contributed by atoms with Gasteiger partial charge < -0.3 is 9.38 Å². The quantitative estimate of drug-likeness (QED) is 0.164. The van der Waals surface area contributed by atoms with E-state index in [1.54, 1.807) is 16.5 Å². The van der Waals surface area contributed by atoms with E-state index in [-0.39, 0.29) is 6.85 Å². The largest absolute Gasteiger partial charge is 0.375 e. The molecule has 2 nitrogen and oxygen atoms in total. The van der Waals surface area contributed by atoms with Crippen molar-refractivity contribution in [2.45, 2.75) is 105 Å². The molecule has 0 unspecified atom stereocenters. The molecule has 11 aliphatic rings. The lowest BCUT2D eigenvalue weighted by Gasteiger charge is -2.57. The van der Waals surface area contributed by atoms with Gasteiger partial charge in [0, 0.05) is 42.8 Å². The van der Waals surface area contributed by atoms with Gasteiger partial charge >= 0.3 is 6.85 Å². The van der Waals surface area contributed by atoms with Gasteiger partial charge in [-0.2, -0.15) is 0 Å². The standard InChI is InChI=1S/C51H47BN2S/c1-28-11-38-40-21-36(51-25-32-16-33(26-51)18-34(17-32)27-51)20-39-37-19-35(50-22-29-13-30(23-50)15-31(14-29)24-50)9-10-42(37)54(48(39)40)52-41-5-4-8-46-49(41)53(44(12-28)47(38)52)43-6-2-3-7-45(43)55-46/h2-12,19-21,29-34H,13-18,22-27H2,1H3. The van der Waals surface area contributed by atoms with Gasteiger partial charge in [-0.3, -0.25) is 0 Å². The molecule has 0 N–H and O–H groups in total. The van der Waals surface area contributed by atoms with Crippen LogP contribution in [0.4, 0.5) is 17.1 Å². The monoisotopic (exact) mass is 730 g/mol. The van der Waals surface area contributed by atoms with Crippen molar-refractivity contribution in [2.24, 2.45) is 35.5 Å². The zero-order chi connectivity index (χ0) is 35.5. The predicted molar refractivity (Wildman–Crippen MR) is 229 cm³/mol. The molecule has 5 aromatic carbocycles. The van der Waals surface area contributed by atoms with Gasteiger partial charge in [-0.05, 0) is 212 Å². The fourth-order valence-corrected chi connectivity index (χ4v) is 17.5. The zero-order valence-corrected chi connectivity index (χ0v) is 32.7. The van der Waals surface area contributed by atoms with Crippen LogP contribution in [-0.2, 0) is 10.8 Å². The minimum atomic E-state index is 0.144. The predicted octanol–water partition coefficient (Wildman–Crippen LogP) is 11.9. The summed E-state index contributed by atoms with van der Waals surface area (Å²) in [5.74, 6) is 5.65. The number of aryl methyl sites for hydroxylation is 1. The maximum absolute atomic E-state index is 2.85. The first kappa shape index (κ1) is 30.3. The van der Waals surface area contributed by atoms with Gasteiger partial charge in [-0.15, -0.1) is 0 Å². The molecular weight excluding hydrogens is 683 g/mol. The first-order chi connectivity index (χ1) is 27.0. The summed E-state index contributed by atoms with van der Waals surface area (Å²) in [7, 11) is 0. The van der Waals surface area contributed by atoms with E-state index in [2.05, 4.69) is 101 Å². The number of benzene rings is 5. The Labute approximate surface area is 329 Å². The van der Waals surface area contributed by atoms with Crippen LogP contribution in [0.1, 0.15) is 93.7 Å². The van der Waals surface area contributed by atoms with Crippen molar-refractivity contribution in [3.05, 3.63) is 102 Å². The third-order valence-electron chi connectivity index (χ3n) is 17.4. The molecule has 8 bridgehead atoms. The number of fused-ring (bicyclic) bond motifs is 9. The SMILES string of the molecule is Cc1cc2c3c(c1)N1c4ccccc4Sc4cccc(c41)B3n1c3ccc(C45CC6CC(CC(C6)C4)C5)cc3c3cc(C45CC6CC(CC(C6)C4)C5)cc-2c31. The maximum atomic E-state index is 2.85. The van der Waals surface area contributed by atoms with Crippen LogP contribution in [0, 0.1) is 42.4 Å². The Hall–Kier alpha value is -3.89. The molecule has 8 saturated carbocycles. The number of aromatic nitrogens is 1. The lowest BCUT2D eigenvalue weighted by Crippen LogP contribution is -2.57. The van der Waals surface area contributed by atoms with Gasteiger partial charge in [0.15, 0.2) is 0 Å². The second-order valence-electron chi connectivity index (χ2n) is 20.7. The molecule has 0 radical (unpaired) electrons. The van der Waals surface area contributed by atoms with Crippen molar-refractivity contribution >= 4 is 68.4 Å². The molecule has 8 fully saturated rings. The van der Waals surface area contributed by atoms with Crippen LogP contribution < -0.4 is 15.8 Å². The van der Waals surface area contributed by atoms with Crippen LogP contribution in [0.5, 0.6) is 0 Å². The molecule has 0 spiro atoms. The second kappa shape index (κ2) is 9.97. The molecule has 4 heteroatoms. The molecule has 0 atom stereocenters. The van der Waals surface area contributed by atoms with E-state index in [4.69, 9.17) is 0 Å². The minimum Gasteiger partial charge on any atom is -0.375 e. The van der Waals surface area contributed by atoms with Crippen molar-refractivity contribution in [1.29, 1.82) is 0 Å². The molecule has 270 valence electrons. The minimum absolute atomic E-state index is 0.144. The first-order valence-corrected chi connectivity index (χ1v) is 22.8. The molecular formula is C51H47BN2S. The van der Waals surface area contributed by atoms with Crippen molar-refractivity contribution in [3.8, 4) is 11.1 Å². The molecule has 55 heavy (non-hydrogen) atoms. The van der Waals surface area contributed by atoms with Crippen LogP contribution in [0.15, 0.2) is 94.7 Å². The van der Waals surface area contributed by atoms with E-state index in [9.17, 15) is 0 Å². The Morgan fingerprint density at radius 3 is 1.93 bits per heavy atom. The summed E-state index contributed by atoms with van der Waals surface area (Å²) in [6.07, 6.45) is 17.5. The molecule has 3 aliphatic heterocycles. The van der Waals surface area contributed by atoms with Gasteiger partial charge in [0.2, 0.25) is 0 Å². The maximum Gasteiger partial charge on any atom is 0.333 e. The van der Waals surface area contributed by atoms with Gasteiger partial charge in [-0.1, -0.05) is 48.2 Å². The Bertz CT molecular complexity index is 2680. The van der Waals surface area contributed by atoms with Gasteiger partial charge in [0.25, 0.3) is 0 Å². The van der Waals surface area contributed by atoms with Crippen molar-refractivity contribution in [3.63, 3.8) is 0 Å². The van der Waals surface area contributed by atoms with E-state index in [0.717, 1.165) is 35.5 Å². The Balaban J connectivity index is 1.05. The Morgan fingerprint density at radius 2 is 1.22 bits per heavy atom. The number of rotatable bonds is 2. The summed E-state index contributed by atoms with van der Waals surface area (Å²) in [6, 6.07) is 35.0. The van der Waals surface area contributed by atoms with Crippen molar-refractivity contribution in [2.75, 3.05) is 4.90 Å². The second-order valence-corrected chi connectivity index (χ2v) is 21.7. The summed E-state index contributed by atoms with van der Waals surface area (Å²) in [5.41, 5.74) is 18.5. The summed E-state index contributed by atoms with van der Waals surface area (Å²) in [5, 5.41) is 3.08. The van der Waals surface area contributed by atoms with E-state index >= 15 is 0 Å². The normalized spacial score (nSPS) is 33.4. The van der Waals surface area contributed by atoms with Gasteiger partial charge in [0.05, 0.1) is 11.4 Å². The number of nitrogens with zero attached hydrogens (tertiary/aromatic N) is 2. The molecule has 0 saturated heterocycles. The van der Waals surface area contributed by atoms with E-state index in [0.29, 0.717) is 10.8 Å². The Morgan fingerprint density at radius 1 is 0.582 bits per heavy atom. The average molecular weight is 731 g/mol. The van der Waals surface area contributed by atoms with Gasteiger partial charge in [-0.25, -0.2) is 0 Å². The highest BCUT2D eigenvalue weighted by molar-refractivity contribution is 7.99. The van der Waals surface area contributed by atoms with Crippen LogP contribution in [0.25, 0.3) is 32.9 Å². The number of hydrogen-bond acceptors (Lipinski definition) is 2. The zero-order valence-electron chi connectivity index (χ0n) is 31.9.